The fourth-order valence-corrected chi connectivity index (χ4v) is 1.90. The van der Waals surface area contributed by atoms with Crippen LogP contribution in [-0.2, 0) is 11.2 Å². The fraction of sp³-hybridized carbons (Fsp3) is 0.438. The second-order valence-electron chi connectivity index (χ2n) is 4.69. The molecule has 0 radical (unpaired) electrons. The van der Waals surface area contributed by atoms with Crippen molar-refractivity contribution in [1.82, 2.24) is 5.32 Å². The molecule has 0 aliphatic rings. The van der Waals surface area contributed by atoms with Crippen LogP contribution >= 0.6 is 0 Å². The Morgan fingerprint density at radius 3 is 2.70 bits per heavy atom. The van der Waals surface area contributed by atoms with Crippen LogP contribution in [0.1, 0.15) is 25.3 Å². The van der Waals surface area contributed by atoms with Gasteiger partial charge in [-0.3, -0.25) is 4.79 Å². The second kappa shape index (κ2) is 9.15. The van der Waals surface area contributed by atoms with E-state index in [1.165, 1.54) is 0 Å². The summed E-state index contributed by atoms with van der Waals surface area (Å²) < 4.78 is 5.52. The molecular weight excluding hydrogens is 254 g/mol. The molecule has 0 aliphatic carbocycles. The molecule has 1 rings (SSSR count). The molecule has 0 heterocycles. The van der Waals surface area contributed by atoms with Crippen LogP contribution in [0.15, 0.2) is 36.9 Å². The predicted molar refractivity (Wildman–Crippen MR) is 80.2 cm³/mol. The quantitative estimate of drug-likeness (QED) is 0.645. The van der Waals surface area contributed by atoms with Crippen molar-refractivity contribution in [2.24, 2.45) is 0 Å². The monoisotopic (exact) mass is 277 g/mol. The Hall–Kier alpha value is -1.81. The lowest BCUT2D eigenvalue weighted by Crippen LogP contribution is -2.33. The van der Waals surface area contributed by atoms with Gasteiger partial charge >= 0.3 is 5.97 Å². The van der Waals surface area contributed by atoms with E-state index in [0.29, 0.717) is 19.6 Å². The van der Waals surface area contributed by atoms with Gasteiger partial charge in [0.1, 0.15) is 5.75 Å². The Balaban J connectivity index is 2.57. The highest BCUT2D eigenvalue weighted by molar-refractivity contribution is 5.67. The highest BCUT2D eigenvalue weighted by Gasteiger charge is 2.12. The van der Waals surface area contributed by atoms with Crippen LogP contribution in [0.4, 0.5) is 0 Å². The smallest absolute Gasteiger partial charge is 0.304 e. The van der Waals surface area contributed by atoms with Crippen LogP contribution in [0.2, 0.25) is 0 Å². The van der Waals surface area contributed by atoms with E-state index in [-0.39, 0.29) is 12.5 Å². The van der Waals surface area contributed by atoms with Crippen LogP contribution in [0, 0.1) is 0 Å². The van der Waals surface area contributed by atoms with E-state index in [2.05, 4.69) is 18.8 Å². The first-order valence-electron chi connectivity index (χ1n) is 6.93. The Bertz CT molecular complexity index is 414. The highest BCUT2D eigenvalue weighted by atomic mass is 16.5. The van der Waals surface area contributed by atoms with Gasteiger partial charge < -0.3 is 15.2 Å². The van der Waals surface area contributed by atoms with Crippen molar-refractivity contribution in [1.29, 1.82) is 0 Å². The van der Waals surface area contributed by atoms with E-state index >= 15 is 0 Å². The van der Waals surface area contributed by atoms with Gasteiger partial charge in [-0.1, -0.05) is 25.1 Å². The molecule has 0 spiro atoms. The van der Waals surface area contributed by atoms with Crippen molar-refractivity contribution in [3.05, 3.63) is 42.5 Å². The molecule has 1 atom stereocenters. The number of nitrogens with one attached hydrogen (secondary N) is 1. The maximum absolute atomic E-state index is 10.8. The van der Waals surface area contributed by atoms with Crippen molar-refractivity contribution >= 4 is 5.97 Å². The zero-order valence-electron chi connectivity index (χ0n) is 12.0. The summed E-state index contributed by atoms with van der Waals surface area (Å²) in [5.74, 6) is 0.0545. The largest absolute Gasteiger partial charge is 0.494 e. The molecule has 0 bridgehead atoms. The summed E-state index contributed by atoms with van der Waals surface area (Å²) in [6.07, 6.45) is 3.49. The molecule has 0 aliphatic heterocycles. The third kappa shape index (κ3) is 6.38. The first kappa shape index (κ1) is 16.2. The van der Waals surface area contributed by atoms with Crippen LogP contribution in [0.3, 0.4) is 0 Å². The molecule has 1 aromatic carbocycles. The lowest BCUT2D eigenvalue weighted by Gasteiger charge is -2.16. The molecule has 0 aromatic heterocycles. The highest BCUT2D eigenvalue weighted by Crippen LogP contribution is 2.14. The zero-order valence-corrected chi connectivity index (χ0v) is 12.0. The third-order valence-electron chi connectivity index (χ3n) is 2.85. The van der Waals surface area contributed by atoms with Gasteiger partial charge in [-0.05, 0) is 30.5 Å². The van der Waals surface area contributed by atoms with Crippen molar-refractivity contribution in [3.8, 4) is 5.75 Å². The van der Waals surface area contributed by atoms with E-state index in [1.807, 2.05) is 24.3 Å². The molecule has 0 saturated carbocycles. The fourth-order valence-electron chi connectivity index (χ4n) is 1.90. The lowest BCUT2D eigenvalue weighted by atomic mass is 10.0. The third-order valence-corrected chi connectivity index (χ3v) is 2.85. The van der Waals surface area contributed by atoms with Crippen molar-refractivity contribution in [3.63, 3.8) is 0 Å². The summed E-state index contributed by atoms with van der Waals surface area (Å²) in [4.78, 5) is 10.8. The number of carboxylic acids is 1. The maximum Gasteiger partial charge on any atom is 0.304 e. The molecule has 4 heteroatoms. The predicted octanol–water partition coefficient (Wildman–Crippen LogP) is 2.64. The first-order valence-corrected chi connectivity index (χ1v) is 6.93. The summed E-state index contributed by atoms with van der Waals surface area (Å²) >= 11 is 0. The Labute approximate surface area is 120 Å². The van der Waals surface area contributed by atoms with Gasteiger partial charge in [-0.2, -0.15) is 0 Å². The second-order valence-corrected chi connectivity index (χ2v) is 4.69. The van der Waals surface area contributed by atoms with E-state index in [9.17, 15) is 4.79 Å². The normalized spacial score (nSPS) is 11.8. The minimum absolute atomic E-state index is 0.0899. The number of hydrogen-bond donors (Lipinski definition) is 2. The van der Waals surface area contributed by atoms with Crippen LogP contribution in [0.5, 0.6) is 5.75 Å². The summed E-state index contributed by atoms with van der Waals surface area (Å²) in [6.45, 7) is 7.02. The molecule has 0 amide bonds. The van der Waals surface area contributed by atoms with Gasteiger partial charge in [0, 0.05) is 12.6 Å². The molecule has 4 nitrogen and oxygen atoms in total. The first-order chi connectivity index (χ1) is 9.65. The minimum Gasteiger partial charge on any atom is -0.494 e. The molecule has 1 aromatic rings. The zero-order chi connectivity index (χ0) is 14.8. The molecule has 1 unspecified atom stereocenters. The minimum atomic E-state index is -0.797. The Morgan fingerprint density at radius 1 is 1.45 bits per heavy atom. The van der Waals surface area contributed by atoms with Crippen LogP contribution in [0.25, 0.3) is 0 Å². The summed E-state index contributed by atoms with van der Waals surface area (Å²) in [6, 6.07) is 7.73. The van der Waals surface area contributed by atoms with Crippen molar-refractivity contribution < 1.29 is 14.6 Å². The van der Waals surface area contributed by atoms with Gasteiger partial charge in [-0.15, -0.1) is 6.58 Å². The van der Waals surface area contributed by atoms with Gasteiger partial charge in [0.15, 0.2) is 0 Å². The van der Waals surface area contributed by atoms with E-state index < -0.39 is 5.97 Å². The van der Waals surface area contributed by atoms with Crippen molar-refractivity contribution in [2.45, 2.75) is 32.2 Å². The van der Waals surface area contributed by atoms with E-state index in [0.717, 1.165) is 17.7 Å². The number of aliphatic carboxylic acids is 1. The van der Waals surface area contributed by atoms with E-state index in [1.54, 1.807) is 6.08 Å². The van der Waals surface area contributed by atoms with Gasteiger partial charge in [0.05, 0.1) is 13.0 Å². The van der Waals surface area contributed by atoms with Crippen LogP contribution < -0.4 is 10.1 Å². The Kier molecular flexibility index (Phi) is 7.43. The van der Waals surface area contributed by atoms with Crippen molar-refractivity contribution in [2.75, 3.05) is 13.2 Å². The number of rotatable bonds is 10. The standard InChI is InChI=1S/C16H23NO3/c1-3-9-17-14(12-16(18)19)11-13-5-7-15(8-6-13)20-10-4-2/h3,5-8,14,17H,1,4,9-12H2,2H3,(H,18,19). The van der Waals surface area contributed by atoms with Crippen LogP contribution in [-0.4, -0.2) is 30.3 Å². The maximum atomic E-state index is 10.8. The summed E-state index contributed by atoms with van der Waals surface area (Å²) in [5, 5.41) is 12.1. The lowest BCUT2D eigenvalue weighted by molar-refractivity contribution is -0.137. The van der Waals surface area contributed by atoms with Gasteiger partial charge in [-0.25, -0.2) is 0 Å². The number of ether oxygens (including phenoxy) is 1. The molecule has 110 valence electrons. The molecule has 2 N–H and O–H groups in total. The van der Waals surface area contributed by atoms with Gasteiger partial charge in [0.2, 0.25) is 0 Å². The number of carbonyl (C=O) groups is 1. The summed E-state index contributed by atoms with van der Waals surface area (Å²) in [5.41, 5.74) is 1.09. The SMILES string of the molecule is C=CCNC(CC(=O)O)Cc1ccc(OCCC)cc1. The average Bonchev–Trinajstić information content (AvgIpc) is 2.43. The number of benzene rings is 1. The topological polar surface area (TPSA) is 58.6 Å². The van der Waals surface area contributed by atoms with E-state index in [4.69, 9.17) is 9.84 Å². The molecular formula is C16H23NO3. The molecule has 20 heavy (non-hydrogen) atoms. The average molecular weight is 277 g/mol. The number of hydrogen-bond acceptors (Lipinski definition) is 3. The Morgan fingerprint density at radius 2 is 2.15 bits per heavy atom. The number of carboxylic acid groups (broad SMARTS) is 1. The van der Waals surface area contributed by atoms with Gasteiger partial charge in [0.25, 0.3) is 0 Å². The summed E-state index contributed by atoms with van der Waals surface area (Å²) in [7, 11) is 0. The molecule has 0 saturated heterocycles. The molecule has 0 fully saturated rings.